The molecule has 0 atom stereocenters. The summed E-state index contributed by atoms with van der Waals surface area (Å²) in [6.45, 7) is 8.44. The van der Waals surface area contributed by atoms with Crippen molar-refractivity contribution in [3.05, 3.63) is 28.8 Å². The van der Waals surface area contributed by atoms with E-state index in [4.69, 9.17) is 22.1 Å². The molecule has 0 amide bonds. The highest BCUT2D eigenvalue weighted by Crippen LogP contribution is 2.17. The van der Waals surface area contributed by atoms with Crippen LogP contribution in [0.5, 0.6) is 0 Å². The summed E-state index contributed by atoms with van der Waals surface area (Å²) in [5.41, 5.74) is 7.63. The number of rotatable bonds is 7. The molecule has 1 aromatic rings. The molecular formula is C13H21ClN2O. The molecule has 2 N–H and O–H groups in total. The van der Waals surface area contributed by atoms with E-state index in [1.165, 1.54) is 0 Å². The van der Waals surface area contributed by atoms with Crippen molar-refractivity contribution in [2.24, 2.45) is 0 Å². The Kier molecular flexibility index (Phi) is 6.34. The van der Waals surface area contributed by atoms with E-state index in [1.54, 1.807) is 6.07 Å². The summed E-state index contributed by atoms with van der Waals surface area (Å²) in [5, 5.41) is 0.695. The van der Waals surface area contributed by atoms with Crippen molar-refractivity contribution in [3.63, 3.8) is 0 Å². The molecular weight excluding hydrogens is 236 g/mol. The molecule has 1 aromatic carbocycles. The molecule has 0 aliphatic rings. The molecule has 3 nitrogen and oxygen atoms in total. The topological polar surface area (TPSA) is 38.5 Å². The number of likely N-dealkylation sites (N-methyl/N-ethyl adjacent to an activating group) is 1. The molecule has 0 radical (unpaired) electrons. The lowest BCUT2D eigenvalue weighted by molar-refractivity contribution is 0.113. The third-order valence-corrected chi connectivity index (χ3v) is 2.81. The average Bonchev–Trinajstić information content (AvgIpc) is 2.26. The summed E-state index contributed by atoms with van der Waals surface area (Å²) < 4.78 is 5.36. The van der Waals surface area contributed by atoms with Gasteiger partial charge in [-0.3, -0.25) is 4.90 Å². The molecule has 17 heavy (non-hydrogen) atoms. The summed E-state index contributed by atoms with van der Waals surface area (Å²) >= 11 is 5.98. The highest BCUT2D eigenvalue weighted by atomic mass is 35.5. The van der Waals surface area contributed by atoms with Crippen LogP contribution in [-0.4, -0.2) is 31.2 Å². The van der Waals surface area contributed by atoms with Crippen LogP contribution in [-0.2, 0) is 11.3 Å². The largest absolute Gasteiger partial charge is 0.399 e. The van der Waals surface area contributed by atoms with E-state index in [1.807, 2.05) is 19.1 Å². The second-order valence-electron chi connectivity index (χ2n) is 3.96. The minimum atomic E-state index is 0.695. The smallest absolute Gasteiger partial charge is 0.0593 e. The zero-order valence-electron chi connectivity index (χ0n) is 10.6. The van der Waals surface area contributed by atoms with Gasteiger partial charge in [-0.15, -0.1) is 0 Å². The number of hydrogen-bond donors (Lipinski definition) is 1. The minimum Gasteiger partial charge on any atom is -0.399 e. The molecule has 0 aromatic heterocycles. The Labute approximate surface area is 109 Å². The fourth-order valence-corrected chi connectivity index (χ4v) is 1.98. The van der Waals surface area contributed by atoms with Gasteiger partial charge < -0.3 is 10.5 Å². The van der Waals surface area contributed by atoms with Crippen molar-refractivity contribution in [2.75, 3.05) is 32.0 Å². The van der Waals surface area contributed by atoms with Crippen molar-refractivity contribution in [1.29, 1.82) is 0 Å². The lowest BCUT2D eigenvalue weighted by atomic mass is 10.2. The molecule has 1 rings (SSSR count). The van der Waals surface area contributed by atoms with Gasteiger partial charge >= 0.3 is 0 Å². The first-order valence-electron chi connectivity index (χ1n) is 6.00. The molecule has 0 heterocycles. The van der Waals surface area contributed by atoms with E-state index in [2.05, 4.69) is 11.8 Å². The lowest BCUT2D eigenvalue weighted by Gasteiger charge is -2.20. The normalized spacial score (nSPS) is 11.1. The van der Waals surface area contributed by atoms with Gasteiger partial charge in [0, 0.05) is 30.4 Å². The van der Waals surface area contributed by atoms with Crippen molar-refractivity contribution in [3.8, 4) is 0 Å². The number of nitrogens with two attached hydrogens (primary N) is 1. The van der Waals surface area contributed by atoms with Crippen LogP contribution in [0.15, 0.2) is 18.2 Å². The molecule has 0 spiro atoms. The fourth-order valence-electron chi connectivity index (χ4n) is 1.71. The molecule has 0 fully saturated rings. The molecule has 0 saturated carbocycles. The zero-order valence-corrected chi connectivity index (χ0v) is 11.3. The van der Waals surface area contributed by atoms with E-state index in [9.17, 15) is 0 Å². The highest BCUT2D eigenvalue weighted by Gasteiger charge is 2.05. The monoisotopic (exact) mass is 256 g/mol. The summed E-state index contributed by atoms with van der Waals surface area (Å²) in [4.78, 5) is 2.31. The van der Waals surface area contributed by atoms with Gasteiger partial charge in [-0.2, -0.15) is 0 Å². The molecule has 0 unspecified atom stereocenters. The summed E-state index contributed by atoms with van der Waals surface area (Å²) in [5.74, 6) is 0. The number of anilines is 1. The SMILES string of the molecule is CCOCCN(CC)Cc1cc(N)cc(Cl)c1. The summed E-state index contributed by atoms with van der Waals surface area (Å²) in [6, 6.07) is 5.69. The number of benzene rings is 1. The van der Waals surface area contributed by atoms with Crippen molar-refractivity contribution >= 4 is 17.3 Å². The Morgan fingerprint density at radius 1 is 1.29 bits per heavy atom. The van der Waals surface area contributed by atoms with Gasteiger partial charge in [-0.25, -0.2) is 0 Å². The van der Waals surface area contributed by atoms with Gasteiger partial charge in [0.2, 0.25) is 0 Å². The highest BCUT2D eigenvalue weighted by molar-refractivity contribution is 6.30. The van der Waals surface area contributed by atoms with Crippen LogP contribution < -0.4 is 5.73 Å². The molecule has 4 heteroatoms. The summed E-state index contributed by atoms with van der Waals surface area (Å²) in [6.07, 6.45) is 0. The molecule has 96 valence electrons. The second-order valence-corrected chi connectivity index (χ2v) is 4.39. The first kappa shape index (κ1) is 14.3. The van der Waals surface area contributed by atoms with Crippen LogP contribution >= 0.6 is 11.6 Å². The molecule has 0 aliphatic heterocycles. The van der Waals surface area contributed by atoms with Gasteiger partial charge in [-0.1, -0.05) is 18.5 Å². The average molecular weight is 257 g/mol. The first-order valence-corrected chi connectivity index (χ1v) is 6.38. The van der Waals surface area contributed by atoms with Crippen LogP contribution in [0.25, 0.3) is 0 Å². The van der Waals surface area contributed by atoms with Gasteiger partial charge in [0.25, 0.3) is 0 Å². The predicted octanol–water partition coefficient (Wildman–Crippen LogP) is 2.78. The van der Waals surface area contributed by atoms with Crippen molar-refractivity contribution in [1.82, 2.24) is 4.90 Å². The first-order chi connectivity index (χ1) is 8.15. The third-order valence-electron chi connectivity index (χ3n) is 2.59. The van der Waals surface area contributed by atoms with Gasteiger partial charge in [0.05, 0.1) is 6.61 Å². The minimum absolute atomic E-state index is 0.695. The molecule has 0 bridgehead atoms. The Morgan fingerprint density at radius 3 is 2.65 bits per heavy atom. The van der Waals surface area contributed by atoms with Gasteiger partial charge in [0.1, 0.15) is 0 Å². The number of hydrogen-bond acceptors (Lipinski definition) is 3. The maximum Gasteiger partial charge on any atom is 0.0593 e. The van der Waals surface area contributed by atoms with E-state index >= 15 is 0 Å². The Balaban J connectivity index is 2.54. The van der Waals surface area contributed by atoms with Gasteiger partial charge in [0.15, 0.2) is 0 Å². The quantitative estimate of drug-likeness (QED) is 0.602. The Bertz CT molecular complexity index is 324. The van der Waals surface area contributed by atoms with Crippen molar-refractivity contribution in [2.45, 2.75) is 20.4 Å². The third kappa shape index (κ3) is 5.39. The maximum absolute atomic E-state index is 5.98. The molecule has 0 saturated heterocycles. The van der Waals surface area contributed by atoms with Crippen LogP contribution in [0.4, 0.5) is 5.69 Å². The number of halogens is 1. The summed E-state index contributed by atoms with van der Waals surface area (Å²) in [7, 11) is 0. The van der Waals surface area contributed by atoms with E-state index in [-0.39, 0.29) is 0 Å². The fraction of sp³-hybridized carbons (Fsp3) is 0.538. The predicted molar refractivity (Wildman–Crippen MR) is 73.3 cm³/mol. The van der Waals surface area contributed by atoms with E-state index in [0.29, 0.717) is 10.7 Å². The Hall–Kier alpha value is -0.770. The van der Waals surface area contributed by atoms with Crippen LogP contribution in [0.2, 0.25) is 5.02 Å². The van der Waals surface area contributed by atoms with Crippen molar-refractivity contribution < 1.29 is 4.74 Å². The number of nitrogens with zero attached hydrogens (tertiary/aromatic N) is 1. The second kappa shape index (κ2) is 7.54. The lowest BCUT2D eigenvalue weighted by Crippen LogP contribution is -2.27. The Morgan fingerprint density at radius 2 is 2.06 bits per heavy atom. The van der Waals surface area contributed by atoms with Crippen LogP contribution in [0.3, 0.4) is 0 Å². The number of ether oxygens (including phenoxy) is 1. The maximum atomic E-state index is 5.98. The van der Waals surface area contributed by atoms with Gasteiger partial charge in [-0.05, 0) is 37.2 Å². The van der Waals surface area contributed by atoms with Crippen LogP contribution in [0.1, 0.15) is 19.4 Å². The van der Waals surface area contributed by atoms with E-state index < -0.39 is 0 Å². The zero-order chi connectivity index (χ0) is 12.7. The molecule has 0 aliphatic carbocycles. The van der Waals surface area contributed by atoms with E-state index in [0.717, 1.165) is 38.4 Å². The number of nitrogen functional groups attached to an aromatic ring is 1. The standard InChI is InChI=1S/C13H21ClN2O/c1-3-16(5-6-17-4-2)10-11-7-12(14)9-13(15)8-11/h7-9H,3-6,10,15H2,1-2H3. The van der Waals surface area contributed by atoms with Crippen LogP contribution in [0, 0.1) is 0 Å².